The van der Waals surface area contributed by atoms with E-state index in [4.69, 9.17) is 4.74 Å². The molecular weight excluding hydrogens is 249 g/mol. The van der Waals surface area contributed by atoms with Gasteiger partial charge >= 0.3 is 0 Å². The van der Waals surface area contributed by atoms with Crippen LogP contribution in [0.5, 0.6) is 5.75 Å². The van der Waals surface area contributed by atoms with Crippen LogP contribution in [0.2, 0.25) is 0 Å². The molecule has 0 saturated carbocycles. The van der Waals surface area contributed by atoms with E-state index in [9.17, 15) is 4.39 Å². The second kappa shape index (κ2) is 6.43. The fourth-order valence-corrected chi connectivity index (χ4v) is 2.88. The van der Waals surface area contributed by atoms with E-state index in [2.05, 4.69) is 11.6 Å². The number of halogens is 1. The van der Waals surface area contributed by atoms with E-state index in [1.54, 1.807) is 0 Å². The number of ether oxygens (including phenoxy) is 1. The summed E-state index contributed by atoms with van der Waals surface area (Å²) >= 11 is 1.85. The molecule has 1 heterocycles. The van der Waals surface area contributed by atoms with E-state index in [1.807, 2.05) is 24.9 Å². The largest absolute Gasteiger partial charge is 0.490 e. The molecule has 1 aliphatic heterocycles. The summed E-state index contributed by atoms with van der Waals surface area (Å²) in [4.78, 5) is 0. The van der Waals surface area contributed by atoms with E-state index in [0.717, 1.165) is 30.6 Å². The first-order valence-corrected chi connectivity index (χ1v) is 7.76. The van der Waals surface area contributed by atoms with Crippen molar-refractivity contribution in [2.24, 2.45) is 0 Å². The number of rotatable bonds is 5. The van der Waals surface area contributed by atoms with Gasteiger partial charge in [-0.2, -0.15) is 11.8 Å². The maximum absolute atomic E-state index is 13.3. The summed E-state index contributed by atoms with van der Waals surface area (Å²) < 4.78 is 19.2. The standard InChI is InChI=1S/C14H20FNOS/c1-16-13-9-11(4-3-7-18-2)17-14-8-10(15)5-6-12(13)14/h5-6,8,11,13,16H,3-4,7,9H2,1-2H3. The smallest absolute Gasteiger partial charge is 0.127 e. The van der Waals surface area contributed by atoms with Crippen LogP contribution in [0.25, 0.3) is 0 Å². The van der Waals surface area contributed by atoms with Crippen LogP contribution in [0.1, 0.15) is 30.9 Å². The van der Waals surface area contributed by atoms with Gasteiger partial charge in [0.25, 0.3) is 0 Å². The highest BCUT2D eigenvalue weighted by atomic mass is 32.2. The van der Waals surface area contributed by atoms with Crippen LogP contribution in [0.15, 0.2) is 18.2 Å². The van der Waals surface area contributed by atoms with Crippen molar-refractivity contribution in [2.75, 3.05) is 19.1 Å². The molecule has 1 N–H and O–H groups in total. The molecule has 4 heteroatoms. The quantitative estimate of drug-likeness (QED) is 0.828. The maximum atomic E-state index is 13.3. The van der Waals surface area contributed by atoms with Crippen molar-refractivity contribution in [1.29, 1.82) is 0 Å². The summed E-state index contributed by atoms with van der Waals surface area (Å²) in [6, 6.07) is 5.10. The molecule has 0 amide bonds. The zero-order valence-electron chi connectivity index (χ0n) is 10.9. The predicted octanol–water partition coefficient (Wildman–Crippen LogP) is 3.38. The summed E-state index contributed by atoms with van der Waals surface area (Å²) in [7, 11) is 1.95. The Bertz CT molecular complexity index is 399. The minimum atomic E-state index is -0.228. The average Bonchev–Trinajstić information content (AvgIpc) is 2.37. The number of hydrogen-bond donors (Lipinski definition) is 1. The first-order valence-electron chi connectivity index (χ1n) is 6.37. The van der Waals surface area contributed by atoms with Crippen molar-refractivity contribution in [3.05, 3.63) is 29.6 Å². The van der Waals surface area contributed by atoms with Gasteiger partial charge in [-0.25, -0.2) is 4.39 Å². The number of hydrogen-bond acceptors (Lipinski definition) is 3. The van der Waals surface area contributed by atoms with Crippen molar-refractivity contribution >= 4 is 11.8 Å². The predicted molar refractivity (Wildman–Crippen MR) is 74.8 cm³/mol. The lowest BCUT2D eigenvalue weighted by atomic mass is 9.94. The third-order valence-electron chi connectivity index (χ3n) is 3.37. The molecule has 1 aliphatic rings. The average molecular weight is 269 g/mol. The normalized spacial score (nSPS) is 22.4. The van der Waals surface area contributed by atoms with E-state index < -0.39 is 0 Å². The molecule has 0 spiro atoms. The molecule has 2 nitrogen and oxygen atoms in total. The Morgan fingerprint density at radius 2 is 2.33 bits per heavy atom. The monoisotopic (exact) mass is 269 g/mol. The molecule has 0 radical (unpaired) electrons. The highest BCUT2D eigenvalue weighted by molar-refractivity contribution is 7.98. The molecule has 1 aromatic rings. The minimum absolute atomic E-state index is 0.198. The van der Waals surface area contributed by atoms with Crippen molar-refractivity contribution in [2.45, 2.75) is 31.4 Å². The van der Waals surface area contributed by atoms with Gasteiger partial charge in [0.1, 0.15) is 17.7 Å². The first-order chi connectivity index (χ1) is 8.74. The Labute approximate surface area is 112 Å². The molecule has 0 aliphatic carbocycles. The summed E-state index contributed by atoms with van der Waals surface area (Å²) in [6.07, 6.45) is 5.46. The molecule has 2 atom stereocenters. The molecular formula is C14H20FNOS. The van der Waals surface area contributed by atoms with Crippen LogP contribution in [-0.2, 0) is 0 Å². The minimum Gasteiger partial charge on any atom is -0.490 e. The Balaban J connectivity index is 2.08. The number of nitrogens with one attached hydrogen (secondary N) is 1. The molecule has 2 unspecified atom stereocenters. The third-order valence-corrected chi connectivity index (χ3v) is 4.06. The zero-order valence-corrected chi connectivity index (χ0v) is 11.7. The van der Waals surface area contributed by atoms with Gasteiger partial charge in [0.2, 0.25) is 0 Å². The summed E-state index contributed by atoms with van der Waals surface area (Å²) in [6.45, 7) is 0. The Hall–Kier alpha value is -0.740. The highest BCUT2D eigenvalue weighted by Gasteiger charge is 2.27. The van der Waals surface area contributed by atoms with Crippen LogP contribution >= 0.6 is 11.8 Å². The van der Waals surface area contributed by atoms with Crippen molar-refractivity contribution in [3.63, 3.8) is 0 Å². The van der Waals surface area contributed by atoms with Gasteiger partial charge in [0.15, 0.2) is 0 Å². The lowest BCUT2D eigenvalue weighted by molar-refractivity contribution is 0.142. The van der Waals surface area contributed by atoms with Crippen LogP contribution in [0, 0.1) is 5.82 Å². The number of fused-ring (bicyclic) bond motifs is 1. The second-order valence-corrected chi connectivity index (χ2v) is 5.62. The topological polar surface area (TPSA) is 21.3 Å². The molecule has 1 aromatic carbocycles. The Kier molecular flexibility index (Phi) is 4.89. The Morgan fingerprint density at radius 1 is 1.50 bits per heavy atom. The van der Waals surface area contributed by atoms with E-state index in [0.29, 0.717) is 5.75 Å². The SMILES string of the molecule is CNC1CC(CCCSC)Oc2cc(F)ccc21. The maximum Gasteiger partial charge on any atom is 0.127 e. The third kappa shape index (κ3) is 3.18. The number of benzene rings is 1. The van der Waals surface area contributed by atoms with Gasteiger partial charge in [0, 0.05) is 24.1 Å². The van der Waals surface area contributed by atoms with E-state index in [-0.39, 0.29) is 18.0 Å². The summed E-state index contributed by atoms with van der Waals surface area (Å²) in [5.74, 6) is 1.63. The summed E-state index contributed by atoms with van der Waals surface area (Å²) in [5.41, 5.74) is 1.07. The van der Waals surface area contributed by atoms with Gasteiger partial charge < -0.3 is 10.1 Å². The van der Waals surface area contributed by atoms with Crippen molar-refractivity contribution in [1.82, 2.24) is 5.32 Å². The first kappa shape index (κ1) is 13.7. The van der Waals surface area contributed by atoms with Crippen LogP contribution in [0.3, 0.4) is 0 Å². The van der Waals surface area contributed by atoms with Gasteiger partial charge in [-0.15, -0.1) is 0 Å². The van der Waals surface area contributed by atoms with Crippen molar-refractivity contribution < 1.29 is 9.13 Å². The van der Waals surface area contributed by atoms with Gasteiger partial charge in [0.05, 0.1) is 0 Å². The zero-order chi connectivity index (χ0) is 13.0. The lowest BCUT2D eigenvalue weighted by Gasteiger charge is -2.32. The van der Waals surface area contributed by atoms with E-state index >= 15 is 0 Å². The van der Waals surface area contributed by atoms with Gasteiger partial charge in [-0.05, 0) is 38.0 Å². The Morgan fingerprint density at radius 3 is 3.06 bits per heavy atom. The fraction of sp³-hybridized carbons (Fsp3) is 0.571. The second-order valence-electron chi connectivity index (χ2n) is 4.63. The van der Waals surface area contributed by atoms with E-state index in [1.165, 1.54) is 12.1 Å². The molecule has 2 rings (SSSR count). The number of thioether (sulfide) groups is 1. The van der Waals surface area contributed by atoms with Crippen LogP contribution in [-0.4, -0.2) is 25.2 Å². The van der Waals surface area contributed by atoms with Gasteiger partial charge in [-0.3, -0.25) is 0 Å². The molecule has 100 valence electrons. The summed E-state index contributed by atoms with van der Waals surface area (Å²) in [5, 5.41) is 3.29. The molecule has 0 bridgehead atoms. The molecule has 18 heavy (non-hydrogen) atoms. The van der Waals surface area contributed by atoms with Crippen LogP contribution < -0.4 is 10.1 Å². The molecule has 0 fully saturated rings. The molecule has 0 saturated heterocycles. The lowest BCUT2D eigenvalue weighted by Crippen LogP contribution is -2.31. The van der Waals surface area contributed by atoms with Crippen molar-refractivity contribution in [3.8, 4) is 5.75 Å². The van der Waals surface area contributed by atoms with Crippen LogP contribution in [0.4, 0.5) is 4.39 Å². The van der Waals surface area contributed by atoms with Gasteiger partial charge in [-0.1, -0.05) is 6.07 Å². The molecule has 0 aromatic heterocycles. The highest BCUT2D eigenvalue weighted by Crippen LogP contribution is 2.36. The fourth-order valence-electron chi connectivity index (χ4n) is 2.42.